The van der Waals surface area contributed by atoms with Gasteiger partial charge in [0.2, 0.25) is 0 Å². The normalized spacial score (nSPS) is 12.7. The molecule has 0 bridgehead atoms. The monoisotopic (exact) mass is 659 g/mol. The molecule has 1 heterocycles. The standard InChI is InChI=1S/C40H37NO6S/c1-25-10-7-11-26(2)34(25)22-29-17-19-31-35(23-29)47-36-24-30(41(21-9-16-38(42)43)40-27(3)12-8-13-28(40)4)18-20-32(36)39(31)33-14-5-6-15-37(33)48(44,45)46/h5-8,10-15,17-20,22-24H,9,16,21H2,1-4H3,(H,42,43)(H,44,45,46)/b29-22+. The molecule has 0 aliphatic carbocycles. The fraction of sp³-hybridized carbons (Fsp3) is 0.175. The van der Waals surface area contributed by atoms with Crippen molar-refractivity contribution in [3.05, 3.63) is 146 Å². The minimum Gasteiger partial charge on any atom is -0.481 e. The third-order valence-corrected chi connectivity index (χ3v) is 9.72. The zero-order valence-electron chi connectivity index (χ0n) is 27.3. The van der Waals surface area contributed by atoms with E-state index >= 15 is 0 Å². The maximum Gasteiger partial charge on any atom is 0.303 e. The Hall–Kier alpha value is -5.18. The van der Waals surface area contributed by atoms with Gasteiger partial charge >= 0.3 is 5.97 Å². The highest BCUT2D eigenvalue weighted by Crippen LogP contribution is 2.42. The lowest BCUT2D eigenvalue weighted by Gasteiger charge is -2.30. The second-order valence-electron chi connectivity index (χ2n) is 12.2. The number of anilines is 2. The molecule has 0 unspecified atom stereocenters. The van der Waals surface area contributed by atoms with Gasteiger partial charge in [0.1, 0.15) is 16.4 Å². The predicted octanol–water partition coefficient (Wildman–Crippen LogP) is 7.35. The molecule has 244 valence electrons. The molecule has 0 saturated carbocycles. The fourth-order valence-electron chi connectivity index (χ4n) is 6.55. The van der Waals surface area contributed by atoms with Gasteiger partial charge < -0.3 is 14.7 Å². The average Bonchev–Trinajstić information content (AvgIpc) is 3.03. The van der Waals surface area contributed by atoms with Crippen LogP contribution in [-0.2, 0) is 14.9 Å². The highest BCUT2D eigenvalue weighted by molar-refractivity contribution is 7.86. The minimum absolute atomic E-state index is 0.0280. The van der Waals surface area contributed by atoms with E-state index in [1.807, 2.05) is 74.5 Å². The summed E-state index contributed by atoms with van der Waals surface area (Å²) in [6.07, 6.45) is 2.57. The number of rotatable bonds is 9. The van der Waals surface area contributed by atoms with E-state index in [4.69, 9.17) is 4.74 Å². The van der Waals surface area contributed by atoms with E-state index in [2.05, 4.69) is 37.0 Å². The van der Waals surface area contributed by atoms with Crippen LogP contribution >= 0.6 is 0 Å². The van der Waals surface area contributed by atoms with Gasteiger partial charge in [-0.15, -0.1) is 0 Å². The quantitative estimate of drug-likeness (QED) is 0.156. The summed E-state index contributed by atoms with van der Waals surface area (Å²) in [4.78, 5) is 13.4. The Morgan fingerprint density at radius 1 is 0.771 bits per heavy atom. The van der Waals surface area contributed by atoms with Gasteiger partial charge in [-0.2, -0.15) is 8.42 Å². The Morgan fingerprint density at radius 2 is 1.44 bits per heavy atom. The molecule has 0 amide bonds. The zero-order valence-corrected chi connectivity index (χ0v) is 28.1. The van der Waals surface area contributed by atoms with Gasteiger partial charge in [0.15, 0.2) is 0 Å². The van der Waals surface area contributed by atoms with Gasteiger partial charge in [-0.05, 0) is 104 Å². The molecule has 0 saturated heterocycles. The van der Waals surface area contributed by atoms with Gasteiger partial charge in [-0.25, -0.2) is 0 Å². The van der Waals surface area contributed by atoms with Crippen LogP contribution in [0.15, 0.2) is 102 Å². The number of aryl methyl sites for hydroxylation is 4. The maximum atomic E-state index is 12.6. The SMILES string of the molecule is Cc1cccc(C)c1/C=c1\ccc2c(c1)Oc1cc(N(CCCC(=O)O)c3c(C)cccc3C)ccc1C=2c1ccccc1S(=O)(=O)O. The molecule has 5 aromatic carbocycles. The van der Waals surface area contributed by atoms with Crippen molar-refractivity contribution < 1.29 is 27.6 Å². The number of nitrogens with zero attached hydrogens (tertiary/aromatic N) is 1. The Labute approximate surface area is 280 Å². The summed E-state index contributed by atoms with van der Waals surface area (Å²) in [6.45, 7) is 8.67. The first kappa shape index (κ1) is 32.7. The smallest absolute Gasteiger partial charge is 0.303 e. The molecule has 0 fully saturated rings. The lowest BCUT2D eigenvalue weighted by atomic mass is 9.92. The van der Waals surface area contributed by atoms with Crippen molar-refractivity contribution in [1.29, 1.82) is 0 Å². The average molecular weight is 660 g/mol. The number of carboxylic acids is 1. The summed E-state index contributed by atoms with van der Waals surface area (Å²) < 4.78 is 42.1. The van der Waals surface area contributed by atoms with Crippen LogP contribution in [0, 0.1) is 27.7 Å². The number of para-hydroxylation sites is 1. The van der Waals surface area contributed by atoms with Gasteiger partial charge in [0.05, 0.1) is 0 Å². The molecule has 0 atom stereocenters. The largest absolute Gasteiger partial charge is 0.481 e. The Balaban J connectivity index is 1.58. The van der Waals surface area contributed by atoms with Crippen LogP contribution < -0.4 is 20.1 Å². The molecule has 6 rings (SSSR count). The fourth-order valence-corrected chi connectivity index (χ4v) is 7.25. The number of ether oxygens (including phenoxy) is 1. The molecule has 1 aliphatic heterocycles. The van der Waals surface area contributed by atoms with Gasteiger partial charge in [0, 0.05) is 52.3 Å². The van der Waals surface area contributed by atoms with E-state index < -0.39 is 16.1 Å². The molecule has 1 aliphatic rings. The van der Waals surface area contributed by atoms with Crippen molar-refractivity contribution in [3.8, 4) is 11.5 Å². The number of benzene rings is 5. The molecule has 2 N–H and O–H groups in total. The summed E-state index contributed by atoms with van der Waals surface area (Å²) in [5.74, 6) is 0.204. The van der Waals surface area contributed by atoms with Crippen LogP contribution in [0.5, 0.6) is 11.5 Å². The Morgan fingerprint density at radius 3 is 2.10 bits per heavy atom. The number of hydrogen-bond donors (Lipinski definition) is 2. The minimum atomic E-state index is -4.55. The molecule has 0 spiro atoms. The topological polar surface area (TPSA) is 104 Å². The number of aliphatic carboxylic acids is 1. The first-order chi connectivity index (χ1) is 22.9. The zero-order chi connectivity index (χ0) is 34.2. The van der Waals surface area contributed by atoms with Crippen LogP contribution in [0.25, 0.3) is 11.6 Å². The summed E-state index contributed by atoms with van der Waals surface area (Å²) in [7, 11) is -4.55. The second-order valence-corrected chi connectivity index (χ2v) is 13.6. The maximum absolute atomic E-state index is 12.6. The molecule has 7 nitrogen and oxygen atoms in total. The predicted molar refractivity (Wildman–Crippen MR) is 189 cm³/mol. The lowest BCUT2D eigenvalue weighted by molar-refractivity contribution is -0.137. The molecule has 5 aromatic rings. The summed E-state index contributed by atoms with van der Waals surface area (Å²) in [5, 5.41) is 11.0. The molecule has 8 heteroatoms. The molecule has 0 radical (unpaired) electrons. The van der Waals surface area contributed by atoms with Crippen molar-refractivity contribution in [2.24, 2.45) is 0 Å². The van der Waals surface area contributed by atoms with E-state index in [1.54, 1.807) is 18.2 Å². The van der Waals surface area contributed by atoms with Gasteiger partial charge in [-0.3, -0.25) is 9.35 Å². The molecular formula is C40H37NO6S. The Bertz CT molecular complexity index is 2270. The van der Waals surface area contributed by atoms with E-state index in [0.717, 1.165) is 44.4 Å². The lowest BCUT2D eigenvalue weighted by Crippen LogP contribution is -2.23. The Kier molecular flexibility index (Phi) is 8.97. The molecule has 48 heavy (non-hydrogen) atoms. The highest BCUT2D eigenvalue weighted by atomic mass is 32.2. The van der Waals surface area contributed by atoms with E-state index in [9.17, 15) is 22.9 Å². The number of carbonyl (C=O) groups is 1. The van der Waals surface area contributed by atoms with E-state index in [0.29, 0.717) is 46.4 Å². The number of fused-ring (bicyclic) bond motifs is 2. The van der Waals surface area contributed by atoms with Crippen molar-refractivity contribution in [2.45, 2.75) is 45.4 Å². The second kappa shape index (κ2) is 13.1. The van der Waals surface area contributed by atoms with Gasteiger partial charge in [0.25, 0.3) is 10.1 Å². The van der Waals surface area contributed by atoms with Crippen LogP contribution in [0.3, 0.4) is 0 Å². The first-order valence-corrected chi connectivity index (χ1v) is 17.2. The van der Waals surface area contributed by atoms with Crippen LogP contribution in [-0.4, -0.2) is 30.6 Å². The van der Waals surface area contributed by atoms with Crippen molar-refractivity contribution in [2.75, 3.05) is 11.4 Å². The summed E-state index contributed by atoms with van der Waals surface area (Å²) >= 11 is 0. The van der Waals surface area contributed by atoms with Crippen LogP contribution in [0.2, 0.25) is 0 Å². The highest BCUT2D eigenvalue weighted by Gasteiger charge is 2.27. The summed E-state index contributed by atoms with van der Waals surface area (Å²) in [5.41, 5.74) is 8.95. The third kappa shape index (κ3) is 6.50. The molecule has 0 aromatic heterocycles. The number of hydrogen-bond acceptors (Lipinski definition) is 5. The third-order valence-electron chi connectivity index (χ3n) is 8.81. The van der Waals surface area contributed by atoms with Crippen molar-refractivity contribution >= 4 is 39.1 Å². The van der Waals surface area contributed by atoms with Crippen molar-refractivity contribution in [1.82, 2.24) is 0 Å². The van der Waals surface area contributed by atoms with Crippen LogP contribution in [0.1, 0.15) is 51.8 Å². The van der Waals surface area contributed by atoms with E-state index in [1.165, 1.54) is 6.07 Å². The van der Waals surface area contributed by atoms with Crippen LogP contribution in [0.4, 0.5) is 11.4 Å². The first-order valence-electron chi connectivity index (χ1n) is 15.8. The van der Waals surface area contributed by atoms with Crippen molar-refractivity contribution in [3.63, 3.8) is 0 Å². The number of carboxylic acid groups (broad SMARTS) is 1. The van der Waals surface area contributed by atoms with E-state index in [-0.39, 0.29) is 11.3 Å². The molecular weight excluding hydrogens is 623 g/mol. The summed E-state index contributed by atoms with van der Waals surface area (Å²) in [6, 6.07) is 30.3. The van der Waals surface area contributed by atoms with Gasteiger partial charge in [-0.1, -0.05) is 60.7 Å².